The average Bonchev–Trinajstić information content (AvgIpc) is 2.74. The number of nitrogens with zero attached hydrogens (tertiary/aromatic N) is 1. The van der Waals surface area contributed by atoms with Gasteiger partial charge in [0, 0.05) is 10.2 Å². The van der Waals surface area contributed by atoms with E-state index in [1.165, 1.54) is 109 Å². The van der Waals surface area contributed by atoms with E-state index in [4.69, 9.17) is 14.5 Å². The van der Waals surface area contributed by atoms with Gasteiger partial charge in [-0.3, -0.25) is 0 Å². The number of hydrogen-bond donors (Lipinski definition) is 0. The molecule has 4 nitrogen and oxygen atoms in total. The van der Waals surface area contributed by atoms with Crippen molar-refractivity contribution in [1.29, 1.82) is 0 Å². The minimum atomic E-state index is -1.92. The zero-order valence-corrected chi connectivity index (χ0v) is 22.8. The highest BCUT2D eigenvalue weighted by Crippen LogP contribution is 2.36. The summed E-state index contributed by atoms with van der Waals surface area (Å²) in [6, 6.07) is 0. The lowest BCUT2D eigenvalue weighted by molar-refractivity contribution is -1.30. The highest BCUT2D eigenvalue weighted by molar-refractivity contribution is 6.71. The molecule has 5 heteroatoms. The molecule has 0 aliphatic rings. The van der Waals surface area contributed by atoms with E-state index < -0.39 is 8.24 Å². The van der Waals surface area contributed by atoms with Crippen LogP contribution in [0.2, 0.25) is 18.6 Å². The van der Waals surface area contributed by atoms with Crippen molar-refractivity contribution < 1.29 is 19.2 Å². The third-order valence-corrected chi connectivity index (χ3v) is 11.8. The van der Waals surface area contributed by atoms with E-state index in [0.29, 0.717) is 5.54 Å². The highest BCUT2D eigenvalue weighted by atomic mass is 28.3. The van der Waals surface area contributed by atoms with Crippen molar-refractivity contribution >= 4 is 8.24 Å². The Labute approximate surface area is 190 Å². The zero-order chi connectivity index (χ0) is 22.7. The van der Waals surface area contributed by atoms with Gasteiger partial charge in [0.1, 0.15) is 21.3 Å². The van der Waals surface area contributed by atoms with Crippen LogP contribution in [0.3, 0.4) is 0 Å². The van der Waals surface area contributed by atoms with Crippen molar-refractivity contribution in [3.8, 4) is 0 Å². The third kappa shape index (κ3) is 11.6. The summed E-state index contributed by atoms with van der Waals surface area (Å²) in [7, 11) is 3.08. The summed E-state index contributed by atoms with van der Waals surface area (Å²) in [6.07, 6.45) is 23.9. The van der Waals surface area contributed by atoms with Crippen LogP contribution in [0.25, 0.3) is 0 Å². The Kier molecular flexibility index (Phi) is 18.6. The zero-order valence-electron chi connectivity index (χ0n) is 21.8. The molecule has 0 aromatic heterocycles. The second-order valence-corrected chi connectivity index (χ2v) is 14.5. The summed E-state index contributed by atoms with van der Waals surface area (Å²) in [5.74, 6) is 0. The quantitative estimate of drug-likeness (QED) is 0.0945. The van der Waals surface area contributed by atoms with Gasteiger partial charge in [0.2, 0.25) is 0 Å². The van der Waals surface area contributed by atoms with Gasteiger partial charge in [-0.15, -0.1) is 0 Å². The Bertz CT molecular complexity index is 367. The fourth-order valence-electron chi connectivity index (χ4n) is 4.55. The first kappa shape index (κ1) is 30.1. The smallest absolute Gasteiger partial charge is 0.155 e. The Morgan fingerprint density at radius 2 is 0.867 bits per heavy atom. The molecule has 0 aliphatic heterocycles. The molecule has 0 saturated heterocycles. The summed E-state index contributed by atoms with van der Waals surface area (Å²) in [6.45, 7) is 9.21. The minimum absolute atomic E-state index is 0.0903. The fraction of sp³-hybridized carbons (Fsp3) is 1.00. The van der Waals surface area contributed by atoms with Gasteiger partial charge in [-0.25, -0.2) is 0 Å². The molecule has 0 aromatic carbocycles. The first-order chi connectivity index (χ1) is 14.4. The molecule has 0 fully saturated rings. The van der Waals surface area contributed by atoms with E-state index in [1.807, 2.05) is 0 Å². The van der Waals surface area contributed by atoms with Gasteiger partial charge in [-0.2, -0.15) is 14.5 Å². The average molecular weight is 447 g/mol. The maximum absolute atomic E-state index is 5.61. The highest BCUT2D eigenvalue weighted by Gasteiger charge is 2.57. The molecule has 1 unspecified atom stereocenters. The number of rotatable bonds is 22. The van der Waals surface area contributed by atoms with Crippen LogP contribution in [0.1, 0.15) is 123 Å². The predicted molar refractivity (Wildman–Crippen MR) is 132 cm³/mol. The molecule has 30 heavy (non-hydrogen) atoms. The summed E-state index contributed by atoms with van der Waals surface area (Å²) >= 11 is 0. The van der Waals surface area contributed by atoms with Crippen molar-refractivity contribution in [3.05, 3.63) is 0 Å². The molecule has 0 radical (unpaired) electrons. The summed E-state index contributed by atoms with van der Waals surface area (Å²) in [5.41, 5.74) is 0.573. The van der Waals surface area contributed by atoms with Crippen molar-refractivity contribution in [2.24, 2.45) is 0 Å². The van der Waals surface area contributed by atoms with E-state index >= 15 is 0 Å². The molecule has 182 valence electrons. The lowest BCUT2D eigenvalue weighted by Gasteiger charge is -2.39. The number of quaternary nitrogens is 1. The minimum Gasteiger partial charge on any atom is -0.155 e. The normalized spacial score (nSPS) is 13.7. The maximum Gasteiger partial charge on any atom is 0.391 e. The molecule has 0 rings (SSSR count). The number of hydrogen-bond acceptors (Lipinski definition) is 3. The molecule has 0 heterocycles. The van der Waals surface area contributed by atoms with E-state index in [-0.39, 0.29) is 4.64 Å². The first-order valence-corrected chi connectivity index (χ1v) is 16.0. The van der Waals surface area contributed by atoms with E-state index in [2.05, 4.69) is 26.9 Å². The monoisotopic (exact) mass is 446 g/mol. The second-order valence-electron chi connectivity index (χ2n) is 9.69. The van der Waals surface area contributed by atoms with Crippen LogP contribution in [0.4, 0.5) is 0 Å². The van der Waals surface area contributed by atoms with Crippen LogP contribution in [0, 0.1) is 0 Å². The summed E-state index contributed by atoms with van der Waals surface area (Å²) in [4.78, 5) is 16.8. The molecule has 0 spiro atoms. The number of unbranched alkanes of at least 4 members (excludes halogenated alkanes) is 15. The van der Waals surface area contributed by atoms with Crippen LogP contribution in [-0.4, -0.2) is 34.2 Å². The van der Waals surface area contributed by atoms with Crippen LogP contribution in [-0.2, 0) is 14.5 Å². The van der Waals surface area contributed by atoms with E-state index in [9.17, 15) is 0 Å². The topological polar surface area (TPSA) is 27.7 Å². The molecule has 0 aliphatic carbocycles. The van der Waals surface area contributed by atoms with Crippen molar-refractivity contribution in [1.82, 2.24) is 0 Å². The molecular formula is C25H56NO3Si+. The Hall–Kier alpha value is 0.0569. The lowest BCUT2D eigenvalue weighted by atomic mass is 10.0. The van der Waals surface area contributed by atoms with E-state index in [0.717, 1.165) is 0 Å². The first-order valence-electron chi connectivity index (χ1n) is 13.0. The third-order valence-electron chi connectivity index (χ3n) is 7.12. The summed E-state index contributed by atoms with van der Waals surface area (Å²) in [5, 5.41) is 0. The standard InChI is InChI=1S/C25H56NO3Si/c1-8-9-10-11-12-13-14-15-16-17-18-19-20-21-22-23-24-25(2)30(6,7)26(27-3,28-4)29-5/h25H,8-24H2,1-7H3/q+1. The van der Waals surface area contributed by atoms with Crippen LogP contribution in [0.5, 0.6) is 0 Å². The van der Waals surface area contributed by atoms with Gasteiger partial charge < -0.3 is 0 Å². The Balaban J connectivity index is 3.61. The molecule has 0 saturated carbocycles. The largest absolute Gasteiger partial charge is 0.391 e. The molecular weight excluding hydrogens is 390 g/mol. The second kappa shape index (κ2) is 18.6. The SMILES string of the molecule is CCCCCCCCCCCCCCCCCCC(C)[Si](C)(C)[N+](OC)(OC)OC. The fourth-order valence-corrected chi connectivity index (χ4v) is 7.41. The van der Waals surface area contributed by atoms with Crippen molar-refractivity contribution in [2.45, 2.75) is 142 Å². The van der Waals surface area contributed by atoms with E-state index in [1.54, 1.807) is 21.3 Å². The lowest BCUT2D eigenvalue weighted by Crippen LogP contribution is -2.64. The Morgan fingerprint density at radius 1 is 0.567 bits per heavy atom. The van der Waals surface area contributed by atoms with Gasteiger partial charge in [0.05, 0.1) is 0 Å². The van der Waals surface area contributed by atoms with Crippen LogP contribution < -0.4 is 0 Å². The molecule has 0 amide bonds. The Morgan fingerprint density at radius 3 is 1.17 bits per heavy atom. The van der Waals surface area contributed by atoms with Gasteiger partial charge in [0.15, 0.2) is 0 Å². The molecule has 1 atom stereocenters. The van der Waals surface area contributed by atoms with Crippen LogP contribution in [0.15, 0.2) is 0 Å². The summed E-state index contributed by atoms with van der Waals surface area (Å²) < 4.78 is -0.0903. The van der Waals surface area contributed by atoms with Gasteiger partial charge in [-0.05, 0) is 19.5 Å². The van der Waals surface area contributed by atoms with Crippen molar-refractivity contribution in [3.63, 3.8) is 0 Å². The molecule has 0 aromatic rings. The maximum atomic E-state index is 5.61. The molecule has 0 bridgehead atoms. The van der Waals surface area contributed by atoms with Gasteiger partial charge in [-0.1, -0.05) is 117 Å². The molecule has 0 N–H and O–H groups in total. The predicted octanol–water partition coefficient (Wildman–Crippen LogP) is 8.73. The van der Waals surface area contributed by atoms with Crippen molar-refractivity contribution in [2.75, 3.05) is 21.3 Å². The van der Waals surface area contributed by atoms with Gasteiger partial charge >= 0.3 is 8.24 Å². The van der Waals surface area contributed by atoms with Crippen LogP contribution >= 0.6 is 0 Å². The van der Waals surface area contributed by atoms with Gasteiger partial charge in [0.25, 0.3) is 0 Å².